The van der Waals surface area contributed by atoms with Crippen molar-refractivity contribution in [1.29, 1.82) is 0 Å². The first-order valence-electron chi connectivity index (χ1n) is 3.96. The predicted octanol–water partition coefficient (Wildman–Crippen LogP) is 1.46. The van der Waals surface area contributed by atoms with Crippen LogP contribution in [0.15, 0.2) is 16.9 Å². The molecule has 0 aliphatic heterocycles. The molecule has 0 unspecified atom stereocenters. The number of aromatic amines is 2. The van der Waals surface area contributed by atoms with Crippen molar-refractivity contribution >= 4 is 16.7 Å². The van der Waals surface area contributed by atoms with Crippen LogP contribution in [0.1, 0.15) is 5.56 Å². The van der Waals surface area contributed by atoms with Crippen molar-refractivity contribution in [2.24, 2.45) is 0 Å². The summed E-state index contributed by atoms with van der Waals surface area (Å²) in [6.45, 7) is 0. The minimum atomic E-state index is -4.48. The predicted molar refractivity (Wildman–Crippen MR) is 48.3 cm³/mol. The fourth-order valence-electron chi connectivity index (χ4n) is 1.33. The van der Waals surface area contributed by atoms with E-state index in [2.05, 4.69) is 9.97 Å². The van der Waals surface area contributed by atoms with Crippen LogP contribution in [0.5, 0.6) is 0 Å². The summed E-state index contributed by atoms with van der Waals surface area (Å²) in [5.41, 5.74) is 4.03. The van der Waals surface area contributed by atoms with Gasteiger partial charge < -0.3 is 15.7 Å². The second-order valence-corrected chi connectivity index (χ2v) is 3.06. The fraction of sp³-hybridized carbons (Fsp3) is 0.125. The first-order valence-corrected chi connectivity index (χ1v) is 3.96. The average Bonchev–Trinajstić information content (AvgIpc) is 2.44. The first kappa shape index (κ1) is 9.63. The molecular weight excluding hydrogens is 211 g/mol. The monoisotopic (exact) mass is 217 g/mol. The minimum Gasteiger partial charge on any atom is -0.397 e. The normalized spacial score (nSPS) is 12.2. The molecule has 2 aromatic rings. The quantitative estimate of drug-likeness (QED) is 0.584. The molecule has 2 rings (SSSR count). The molecule has 15 heavy (non-hydrogen) atoms. The number of nitrogen functional groups attached to an aromatic ring is 1. The van der Waals surface area contributed by atoms with Gasteiger partial charge in [-0.25, -0.2) is 4.79 Å². The van der Waals surface area contributed by atoms with Crippen molar-refractivity contribution in [2.75, 3.05) is 5.73 Å². The number of rotatable bonds is 0. The van der Waals surface area contributed by atoms with E-state index in [0.29, 0.717) is 0 Å². The number of hydrogen-bond donors (Lipinski definition) is 3. The van der Waals surface area contributed by atoms with E-state index in [1.165, 1.54) is 0 Å². The van der Waals surface area contributed by atoms with E-state index < -0.39 is 17.4 Å². The standard InChI is InChI=1S/C8H6F3N3O/c9-8(10,11)3-1-4(12)6-5(2-3)13-7(15)14-6/h1-2H,12H2,(H2,13,14,15). The lowest BCUT2D eigenvalue weighted by molar-refractivity contribution is -0.137. The van der Waals surface area contributed by atoms with Crippen LogP contribution in [-0.4, -0.2) is 9.97 Å². The number of halogens is 3. The lowest BCUT2D eigenvalue weighted by Crippen LogP contribution is -2.05. The summed E-state index contributed by atoms with van der Waals surface area (Å²) in [4.78, 5) is 15.4. The molecule has 0 fully saturated rings. The lowest BCUT2D eigenvalue weighted by atomic mass is 10.1. The number of nitrogens with one attached hydrogen (secondary N) is 2. The van der Waals surface area contributed by atoms with E-state index in [-0.39, 0.29) is 16.7 Å². The number of fused-ring (bicyclic) bond motifs is 1. The highest BCUT2D eigenvalue weighted by Gasteiger charge is 2.31. The molecule has 0 spiro atoms. The minimum absolute atomic E-state index is 0.0484. The lowest BCUT2D eigenvalue weighted by Gasteiger charge is -2.07. The van der Waals surface area contributed by atoms with Crippen molar-refractivity contribution in [2.45, 2.75) is 6.18 Å². The SMILES string of the molecule is Nc1cc(C(F)(F)F)cc2[nH]c(=O)[nH]c12. The van der Waals surface area contributed by atoms with E-state index >= 15 is 0 Å². The van der Waals surface area contributed by atoms with Crippen LogP contribution in [-0.2, 0) is 6.18 Å². The molecule has 0 aliphatic rings. The molecule has 0 saturated carbocycles. The average molecular weight is 217 g/mol. The van der Waals surface area contributed by atoms with Crippen LogP contribution in [0.4, 0.5) is 18.9 Å². The molecule has 80 valence electrons. The van der Waals surface area contributed by atoms with Gasteiger partial charge in [-0.15, -0.1) is 0 Å². The Morgan fingerprint density at radius 2 is 1.87 bits per heavy atom. The number of imidazole rings is 1. The highest BCUT2D eigenvalue weighted by Crippen LogP contribution is 2.32. The Labute approximate surface area is 80.9 Å². The smallest absolute Gasteiger partial charge is 0.397 e. The number of H-pyrrole nitrogens is 2. The molecule has 0 atom stereocenters. The fourth-order valence-corrected chi connectivity index (χ4v) is 1.33. The number of anilines is 1. The molecule has 0 bridgehead atoms. The molecule has 1 heterocycles. The van der Waals surface area contributed by atoms with Gasteiger partial charge in [0.25, 0.3) is 0 Å². The molecule has 4 N–H and O–H groups in total. The molecule has 1 aromatic heterocycles. The van der Waals surface area contributed by atoms with Crippen LogP contribution in [0.3, 0.4) is 0 Å². The molecule has 1 aromatic carbocycles. The highest BCUT2D eigenvalue weighted by atomic mass is 19.4. The molecule has 4 nitrogen and oxygen atoms in total. The summed E-state index contributed by atoms with van der Waals surface area (Å²) in [5.74, 6) is 0. The van der Waals surface area contributed by atoms with Crippen molar-refractivity contribution in [3.8, 4) is 0 Å². The molecule has 0 amide bonds. The molecule has 7 heteroatoms. The second kappa shape index (κ2) is 2.78. The topological polar surface area (TPSA) is 74.7 Å². The van der Waals surface area contributed by atoms with Gasteiger partial charge in [0.2, 0.25) is 0 Å². The Morgan fingerprint density at radius 1 is 1.20 bits per heavy atom. The number of nitrogens with two attached hydrogens (primary N) is 1. The van der Waals surface area contributed by atoms with E-state index in [4.69, 9.17) is 5.73 Å². The maximum Gasteiger partial charge on any atom is 0.416 e. The van der Waals surface area contributed by atoms with Crippen LogP contribution >= 0.6 is 0 Å². The van der Waals surface area contributed by atoms with Crippen molar-refractivity contribution in [3.05, 3.63) is 28.2 Å². The molecule has 0 aliphatic carbocycles. The third kappa shape index (κ3) is 1.56. The summed E-state index contributed by atoms with van der Waals surface area (Å²) >= 11 is 0. The summed E-state index contributed by atoms with van der Waals surface area (Å²) in [6, 6.07) is 1.62. The summed E-state index contributed by atoms with van der Waals surface area (Å²) < 4.78 is 37.0. The van der Waals surface area contributed by atoms with Gasteiger partial charge in [-0.1, -0.05) is 0 Å². The summed E-state index contributed by atoms with van der Waals surface area (Å²) in [6.07, 6.45) is -4.48. The van der Waals surface area contributed by atoms with Gasteiger partial charge in [-0.2, -0.15) is 13.2 Å². The van der Waals surface area contributed by atoms with Gasteiger partial charge in [0.1, 0.15) is 0 Å². The second-order valence-electron chi connectivity index (χ2n) is 3.06. The third-order valence-electron chi connectivity index (χ3n) is 1.98. The molecular formula is C8H6F3N3O. The van der Waals surface area contributed by atoms with Crippen LogP contribution in [0, 0.1) is 0 Å². The maximum atomic E-state index is 12.3. The zero-order valence-electron chi connectivity index (χ0n) is 7.27. The summed E-state index contributed by atoms with van der Waals surface area (Å²) in [7, 11) is 0. The van der Waals surface area contributed by atoms with E-state index in [0.717, 1.165) is 12.1 Å². The van der Waals surface area contributed by atoms with Gasteiger partial charge in [0.15, 0.2) is 0 Å². The Hall–Kier alpha value is -1.92. The van der Waals surface area contributed by atoms with Gasteiger partial charge in [-0.3, -0.25) is 0 Å². The highest BCUT2D eigenvalue weighted by molar-refractivity contribution is 5.87. The van der Waals surface area contributed by atoms with Crippen LogP contribution in [0.25, 0.3) is 11.0 Å². The van der Waals surface area contributed by atoms with E-state index in [1.807, 2.05) is 0 Å². The first-order chi connectivity index (χ1) is 6.88. The van der Waals surface area contributed by atoms with Gasteiger partial charge in [0, 0.05) is 0 Å². The molecule has 0 radical (unpaired) electrons. The Balaban J connectivity index is 2.78. The van der Waals surface area contributed by atoms with Gasteiger partial charge >= 0.3 is 11.9 Å². The van der Waals surface area contributed by atoms with Crippen LogP contribution in [0.2, 0.25) is 0 Å². The maximum absolute atomic E-state index is 12.3. The number of aromatic nitrogens is 2. The number of alkyl halides is 3. The molecule has 0 saturated heterocycles. The largest absolute Gasteiger partial charge is 0.416 e. The summed E-state index contributed by atoms with van der Waals surface area (Å²) in [5, 5.41) is 0. The van der Waals surface area contributed by atoms with Gasteiger partial charge in [-0.05, 0) is 12.1 Å². The van der Waals surface area contributed by atoms with Crippen molar-refractivity contribution < 1.29 is 13.2 Å². The Morgan fingerprint density at radius 3 is 2.47 bits per heavy atom. The van der Waals surface area contributed by atoms with Crippen molar-refractivity contribution in [1.82, 2.24) is 9.97 Å². The van der Waals surface area contributed by atoms with Gasteiger partial charge in [0.05, 0.1) is 22.3 Å². The third-order valence-corrected chi connectivity index (χ3v) is 1.98. The number of hydrogen-bond acceptors (Lipinski definition) is 2. The Kier molecular flexibility index (Phi) is 1.79. The van der Waals surface area contributed by atoms with Crippen LogP contribution < -0.4 is 11.4 Å². The zero-order chi connectivity index (χ0) is 11.2. The van der Waals surface area contributed by atoms with E-state index in [9.17, 15) is 18.0 Å². The van der Waals surface area contributed by atoms with E-state index in [1.54, 1.807) is 0 Å². The Bertz CT molecular complexity index is 566. The zero-order valence-corrected chi connectivity index (χ0v) is 7.27. The number of benzene rings is 1. The van der Waals surface area contributed by atoms with Crippen molar-refractivity contribution in [3.63, 3.8) is 0 Å².